The van der Waals surface area contributed by atoms with Crippen LogP contribution in [-0.2, 0) is 19.5 Å². The summed E-state index contributed by atoms with van der Waals surface area (Å²) >= 11 is 0. The van der Waals surface area contributed by atoms with Gasteiger partial charge in [-0.2, -0.15) is 0 Å². The number of carbonyl (C=O) groups excluding carboxylic acids is 1. The average molecular weight is 366 g/mol. The Labute approximate surface area is 159 Å². The summed E-state index contributed by atoms with van der Waals surface area (Å²) in [6, 6.07) is 11.8. The van der Waals surface area contributed by atoms with E-state index in [9.17, 15) is 9.59 Å². The monoisotopic (exact) mass is 366 g/mol. The van der Waals surface area contributed by atoms with Crippen LogP contribution in [0.3, 0.4) is 0 Å². The number of hydrogen-bond donors (Lipinski definition) is 0. The Bertz CT molecular complexity index is 869. The molecule has 0 spiro atoms. The number of amides is 2. The van der Waals surface area contributed by atoms with Gasteiger partial charge in [0, 0.05) is 51.5 Å². The van der Waals surface area contributed by atoms with E-state index in [-0.39, 0.29) is 11.6 Å². The van der Waals surface area contributed by atoms with Gasteiger partial charge >= 0.3 is 6.03 Å². The molecule has 6 heteroatoms. The van der Waals surface area contributed by atoms with Crippen LogP contribution in [0.2, 0.25) is 0 Å². The van der Waals surface area contributed by atoms with E-state index in [1.165, 1.54) is 0 Å². The van der Waals surface area contributed by atoms with Gasteiger partial charge in [-0.25, -0.2) is 4.79 Å². The molecule has 2 aromatic rings. The van der Waals surface area contributed by atoms with Crippen molar-refractivity contribution in [3.8, 4) is 0 Å². The lowest BCUT2D eigenvalue weighted by Gasteiger charge is -2.38. The van der Waals surface area contributed by atoms with Gasteiger partial charge in [0.2, 0.25) is 0 Å². The van der Waals surface area contributed by atoms with Crippen molar-refractivity contribution in [3.63, 3.8) is 0 Å². The number of nitrogens with zero attached hydrogens (tertiary/aromatic N) is 4. The summed E-state index contributed by atoms with van der Waals surface area (Å²) in [5, 5.41) is 0. The van der Waals surface area contributed by atoms with Crippen molar-refractivity contribution in [1.29, 1.82) is 0 Å². The minimum Gasteiger partial charge on any atom is -0.322 e. The second-order valence-electron chi connectivity index (χ2n) is 7.52. The number of pyridine rings is 1. The molecule has 142 valence electrons. The molecular formula is C21H26N4O2. The summed E-state index contributed by atoms with van der Waals surface area (Å²) < 4.78 is 1.75. The highest BCUT2D eigenvalue weighted by atomic mass is 16.2. The first-order valence-electron chi connectivity index (χ1n) is 9.59. The van der Waals surface area contributed by atoms with Crippen molar-refractivity contribution in [3.05, 3.63) is 69.6 Å². The van der Waals surface area contributed by atoms with Crippen molar-refractivity contribution >= 4 is 6.03 Å². The molecule has 27 heavy (non-hydrogen) atoms. The third-order valence-corrected chi connectivity index (χ3v) is 5.56. The maximum Gasteiger partial charge on any atom is 0.320 e. The molecule has 2 amide bonds. The molecule has 0 aliphatic carbocycles. The first-order chi connectivity index (χ1) is 13.1. The van der Waals surface area contributed by atoms with Gasteiger partial charge in [0.15, 0.2) is 0 Å². The van der Waals surface area contributed by atoms with Crippen LogP contribution in [0.5, 0.6) is 0 Å². The number of benzene rings is 1. The van der Waals surface area contributed by atoms with Crippen molar-refractivity contribution in [2.24, 2.45) is 0 Å². The van der Waals surface area contributed by atoms with Gasteiger partial charge in [0.1, 0.15) is 0 Å². The highest BCUT2D eigenvalue weighted by Crippen LogP contribution is 2.19. The molecule has 2 aliphatic rings. The largest absolute Gasteiger partial charge is 0.322 e. The fourth-order valence-electron chi connectivity index (χ4n) is 3.84. The number of aromatic nitrogens is 1. The highest BCUT2D eigenvalue weighted by Gasteiger charge is 2.27. The SMILES string of the molecule is CN1CCN(C(=O)N2CCc3cc(=O)n(Cc4ccccc4)cc3C2)CC1. The number of rotatable bonds is 2. The number of likely N-dealkylation sites (N-methyl/N-ethyl adjacent to an activating group) is 1. The van der Waals surface area contributed by atoms with E-state index < -0.39 is 0 Å². The van der Waals surface area contributed by atoms with E-state index in [4.69, 9.17) is 0 Å². The van der Waals surface area contributed by atoms with Gasteiger partial charge in [0.25, 0.3) is 5.56 Å². The molecule has 0 unspecified atom stereocenters. The first-order valence-corrected chi connectivity index (χ1v) is 9.59. The fraction of sp³-hybridized carbons (Fsp3) is 0.429. The van der Waals surface area contributed by atoms with E-state index in [1.54, 1.807) is 10.6 Å². The van der Waals surface area contributed by atoms with E-state index >= 15 is 0 Å². The van der Waals surface area contributed by atoms with Gasteiger partial charge < -0.3 is 19.3 Å². The summed E-state index contributed by atoms with van der Waals surface area (Å²) in [5.41, 5.74) is 3.28. The van der Waals surface area contributed by atoms with Gasteiger partial charge in [-0.3, -0.25) is 4.79 Å². The maximum atomic E-state index is 12.9. The zero-order valence-corrected chi connectivity index (χ0v) is 15.8. The van der Waals surface area contributed by atoms with Gasteiger partial charge in [-0.1, -0.05) is 30.3 Å². The van der Waals surface area contributed by atoms with Crippen molar-refractivity contribution < 1.29 is 4.79 Å². The molecule has 0 saturated carbocycles. The maximum absolute atomic E-state index is 12.9. The van der Waals surface area contributed by atoms with Gasteiger partial charge in [-0.15, -0.1) is 0 Å². The topological polar surface area (TPSA) is 48.8 Å². The lowest BCUT2D eigenvalue weighted by atomic mass is 10.0. The molecule has 2 aliphatic heterocycles. The molecule has 0 N–H and O–H groups in total. The van der Waals surface area contributed by atoms with Crippen LogP contribution in [-0.4, -0.2) is 65.1 Å². The molecule has 4 rings (SSSR count). The van der Waals surface area contributed by atoms with Crippen LogP contribution in [0.4, 0.5) is 4.79 Å². The molecule has 3 heterocycles. The first kappa shape index (κ1) is 17.8. The number of carbonyl (C=O) groups is 1. The molecule has 0 bridgehead atoms. The van der Waals surface area contributed by atoms with Crippen molar-refractivity contribution in [1.82, 2.24) is 19.3 Å². The summed E-state index contributed by atoms with van der Waals surface area (Å²) in [5.74, 6) is 0. The summed E-state index contributed by atoms with van der Waals surface area (Å²) in [4.78, 5) is 31.5. The van der Waals surface area contributed by atoms with Crippen LogP contribution in [0.15, 0.2) is 47.4 Å². The minimum atomic E-state index is 0.0245. The van der Waals surface area contributed by atoms with E-state index in [1.807, 2.05) is 46.3 Å². The summed E-state index contributed by atoms with van der Waals surface area (Å²) in [6.07, 6.45) is 2.68. The normalized spacial score (nSPS) is 17.7. The second-order valence-corrected chi connectivity index (χ2v) is 7.52. The predicted octanol–water partition coefficient (Wildman–Crippen LogP) is 1.62. The average Bonchev–Trinajstić information content (AvgIpc) is 2.69. The smallest absolute Gasteiger partial charge is 0.320 e. The number of hydrogen-bond acceptors (Lipinski definition) is 3. The Morgan fingerprint density at radius 3 is 2.44 bits per heavy atom. The second kappa shape index (κ2) is 7.56. The molecule has 0 atom stereocenters. The molecular weight excluding hydrogens is 340 g/mol. The van der Waals surface area contributed by atoms with Crippen LogP contribution in [0, 0.1) is 0 Å². The van der Waals surface area contributed by atoms with Crippen LogP contribution < -0.4 is 5.56 Å². The quantitative estimate of drug-likeness (QED) is 0.812. The van der Waals surface area contributed by atoms with Gasteiger partial charge in [0.05, 0.1) is 6.54 Å². The Morgan fingerprint density at radius 1 is 0.963 bits per heavy atom. The van der Waals surface area contributed by atoms with E-state index in [2.05, 4.69) is 11.9 Å². The van der Waals surface area contributed by atoms with Crippen molar-refractivity contribution in [2.45, 2.75) is 19.5 Å². The third-order valence-electron chi connectivity index (χ3n) is 5.56. The zero-order chi connectivity index (χ0) is 18.8. The lowest BCUT2D eigenvalue weighted by Crippen LogP contribution is -2.52. The Hall–Kier alpha value is -2.60. The lowest BCUT2D eigenvalue weighted by molar-refractivity contribution is 0.118. The van der Waals surface area contributed by atoms with Crippen LogP contribution >= 0.6 is 0 Å². The number of piperazine rings is 1. The Morgan fingerprint density at radius 2 is 1.70 bits per heavy atom. The molecule has 0 radical (unpaired) electrons. The Balaban J connectivity index is 1.50. The van der Waals surface area contributed by atoms with Crippen LogP contribution in [0.1, 0.15) is 16.7 Å². The molecule has 1 aromatic heterocycles. The number of fused-ring (bicyclic) bond motifs is 1. The standard InChI is InChI=1S/C21H26N4O2/c1-22-9-11-23(12-10-22)21(27)24-8-7-18-13-20(26)25(16-19(18)15-24)14-17-5-3-2-4-6-17/h2-6,13,16H,7-12,14-15H2,1H3. The van der Waals surface area contributed by atoms with E-state index in [0.29, 0.717) is 19.6 Å². The van der Waals surface area contributed by atoms with Gasteiger partial charge in [-0.05, 0) is 30.2 Å². The van der Waals surface area contributed by atoms with E-state index in [0.717, 1.165) is 49.3 Å². The molecule has 1 fully saturated rings. The molecule has 1 aromatic carbocycles. The van der Waals surface area contributed by atoms with Crippen LogP contribution in [0.25, 0.3) is 0 Å². The fourth-order valence-corrected chi connectivity index (χ4v) is 3.84. The van der Waals surface area contributed by atoms with Crippen molar-refractivity contribution in [2.75, 3.05) is 39.8 Å². The minimum absolute atomic E-state index is 0.0245. The predicted molar refractivity (Wildman–Crippen MR) is 105 cm³/mol. The molecule has 1 saturated heterocycles. The number of urea groups is 1. The zero-order valence-electron chi connectivity index (χ0n) is 15.8. The summed E-state index contributed by atoms with van der Waals surface area (Å²) in [7, 11) is 2.09. The Kier molecular flexibility index (Phi) is 4.99. The third kappa shape index (κ3) is 3.90. The summed E-state index contributed by atoms with van der Waals surface area (Å²) in [6.45, 7) is 5.23. The highest BCUT2D eigenvalue weighted by molar-refractivity contribution is 5.75. The molecule has 6 nitrogen and oxygen atoms in total.